The fourth-order valence-electron chi connectivity index (χ4n) is 1.90. The second kappa shape index (κ2) is 4.52. The molecule has 88 valence electrons. The van der Waals surface area contributed by atoms with Crippen LogP contribution in [-0.2, 0) is 9.53 Å². The summed E-state index contributed by atoms with van der Waals surface area (Å²) in [7, 11) is 0. The molecule has 0 saturated carbocycles. The Kier molecular flexibility index (Phi) is 3.77. The average Bonchev–Trinajstić information content (AvgIpc) is 2.06. The summed E-state index contributed by atoms with van der Waals surface area (Å²) in [5.41, 5.74) is -0.390. The Morgan fingerprint density at radius 3 is 2.40 bits per heavy atom. The number of piperidine rings is 1. The summed E-state index contributed by atoms with van der Waals surface area (Å²) in [6.07, 6.45) is 2.23. The Balaban J connectivity index is 2.57. The molecule has 3 unspecified atom stereocenters. The van der Waals surface area contributed by atoms with Gasteiger partial charge in [-0.05, 0) is 46.5 Å². The molecule has 0 aromatic rings. The highest BCUT2D eigenvalue weighted by molar-refractivity contribution is 5.76. The molecule has 1 N–H and O–H groups in total. The fraction of sp³-hybridized carbons (Fsp3) is 0.917. The third-order valence-corrected chi connectivity index (χ3v) is 2.75. The van der Waals surface area contributed by atoms with Gasteiger partial charge in [-0.1, -0.05) is 6.92 Å². The molecule has 1 aliphatic heterocycles. The molecule has 3 heteroatoms. The van der Waals surface area contributed by atoms with Gasteiger partial charge in [-0.25, -0.2) is 0 Å². The lowest BCUT2D eigenvalue weighted by atomic mass is 9.89. The van der Waals surface area contributed by atoms with E-state index in [4.69, 9.17) is 4.74 Å². The molecule has 3 nitrogen and oxygen atoms in total. The van der Waals surface area contributed by atoms with Crippen molar-refractivity contribution in [3.8, 4) is 0 Å². The molecule has 1 fully saturated rings. The summed E-state index contributed by atoms with van der Waals surface area (Å²) in [6, 6.07) is 0.284. The van der Waals surface area contributed by atoms with Crippen LogP contribution in [0.5, 0.6) is 0 Å². The van der Waals surface area contributed by atoms with Gasteiger partial charge in [0.05, 0.1) is 0 Å². The summed E-state index contributed by atoms with van der Waals surface area (Å²) >= 11 is 0. The van der Waals surface area contributed by atoms with Crippen LogP contribution < -0.4 is 5.32 Å². The minimum Gasteiger partial charge on any atom is -0.459 e. The Morgan fingerprint density at radius 2 is 1.87 bits per heavy atom. The van der Waals surface area contributed by atoms with Gasteiger partial charge in [0, 0.05) is 6.04 Å². The standard InChI is InChI=1S/C12H23NO2/c1-8-6-7-9(2)13-10(8)11(14)15-12(3,4)5/h8-10,13H,6-7H2,1-5H3. The van der Waals surface area contributed by atoms with Crippen molar-refractivity contribution in [2.45, 2.75) is 65.1 Å². The zero-order valence-corrected chi connectivity index (χ0v) is 10.5. The first-order valence-corrected chi connectivity index (χ1v) is 5.78. The molecule has 0 bridgehead atoms. The molecular formula is C12H23NO2. The molecule has 1 rings (SSSR count). The van der Waals surface area contributed by atoms with E-state index < -0.39 is 0 Å². The first-order valence-electron chi connectivity index (χ1n) is 5.78. The van der Waals surface area contributed by atoms with Crippen LogP contribution in [-0.4, -0.2) is 23.7 Å². The maximum Gasteiger partial charge on any atom is 0.323 e. The maximum absolute atomic E-state index is 11.9. The lowest BCUT2D eigenvalue weighted by molar-refractivity contribution is -0.160. The minimum atomic E-state index is -0.390. The Morgan fingerprint density at radius 1 is 1.27 bits per heavy atom. The van der Waals surface area contributed by atoms with Gasteiger partial charge in [-0.15, -0.1) is 0 Å². The summed E-state index contributed by atoms with van der Waals surface area (Å²) in [5, 5.41) is 3.31. The molecule has 1 aliphatic rings. The molecule has 0 aromatic carbocycles. The van der Waals surface area contributed by atoms with Gasteiger partial charge in [-0.2, -0.15) is 0 Å². The number of ether oxygens (including phenoxy) is 1. The van der Waals surface area contributed by atoms with Crippen molar-refractivity contribution in [2.75, 3.05) is 0 Å². The molecule has 0 spiro atoms. The van der Waals surface area contributed by atoms with Crippen LogP contribution in [0.2, 0.25) is 0 Å². The number of hydrogen-bond acceptors (Lipinski definition) is 3. The number of carbonyl (C=O) groups excluding carboxylic acids is 1. The Labute approximate surface area is 92.6 Å². The zero-order chi connectivity index (χ0) is 11.6. The lowest BCUT2D eigenvalue weighted by Crippen LogP contribution is -2.51. The van der Waals surface area contributed by atoms with Crippen LogP contribution in [0.1, 0.15) is 47.5 Å². The van der Waals surface area contributed by atoms with E-state index in [0.717, 1.165) is 12.8 Å². The van der Waals surface area contributed by atoms with Crippen LogP contribution >= 0.6 is 0 Å². The third kappa shape index (κ3) is 3.82. The largest absolute Gasteiger partial charge is 0.459 e. The van der Waals surface area contributed by atoms with E-state index in [9.17, 15) is 4.79 Å². The highest BCUT2D eigenvalue weighted by Crippen LogP contribution is 2.21. The molecule has 0 aliphatic carbocycles. The monoisotopic (exact) mass is 213 g/mol. The van der Waals surface area contributed by atoms with Crippen molar-refractivity contribution in [3.63, 3.8) is 0 Å². The predicted molar refractivity (Wildman–Crippen MR) is 60.6 cm³/mol. The van der Waals surface area contributed by atoms with E-state index in [-0.39, 0.29) is 17.6 Å². The molecular weight excluding hydrogens is 190 g/mol. The number of hydrogen-bond donors (Lipinski definition) is 1. The minimum absolute atomic E-state index is 0.110. The highest BCUT2D eigenvalue weighted by atomic mass is 16.6. The number of rotatable bonds is 1. The molecule has 0 amide bonds. The van der Waals surface area contributed by atoms with E-state index in [0.29, 0.717) is 12.0 Å². The topological polar surface area (TPSA) is 38.3 Å². The van der Waals surface area contributed by atoms with Crippen molar-refractivity contribution in [3.05, 3.63) is 0 Å². The SMILES string of the molecule is CC1CCC(C)C(C(=O)OC(C)(C)C)N1. The number of carbonyl (C=O) groups is 1. The Bertz CT molecular complexity index is 232. The van der Waals surface area contributed by atoms with Crippen LogP contribution in [0.3, 0.4) is 0 Å². The number of esters is 1. The van der Waals surface area contributed by atoms with Crippen molar-refractivity contribution < 1.29 is 9.53 Å². The second-order valence-electron chi connectivity index (χ2n) is 5.63. The van der Waals surface area contributed by atoms with Gasteiger partial charge in [-0.3, -0.25) is 4.79 Å². The first-order chi connectivity index (χ1) is 6.79. The van der Waals surface area contributed by atoms with E-state index >= 15 is 0 Å². The lowest BCUT2D eigenvalue weighted by Gasteiger charge is -2.34. The summed E-state index contributed by atoms with van der Waals surface area (Å²) in [4.78, 5) is 11.9. The van der Waals surface area contributed by atoms with Crippen LogP contribution in [0.25, 0.3) is 0 Å². The van der Waals surface area contributed by atoms with Crippen molar-refractivity contribution in [1.29, 1.82) is 0 Å². The predicted octanol–water partition coefficient (Wildman–Crippen LogP) is 2.10. The fourth-order valence-corrected chi connectivity index (χ4v) is 1.90. The van der Waals surface area contributed by atoms with Crippen LogP contribution in [0.4, 0.5) is 0 Å². The molecule has 0 radical (unpaired) electrons. The zero-order valence-electron chi connectivity index (χ0n) is 10.5. The summed E-state index contributed by atoms with van der Waals surface area (Å²) in [6.45, 7) is 9.93. The molecule has 15 heavy (non-hydrogen) atoms. The quantitative estimate of drug-likeness (QED) is 0.678. The van der Waals surface area contributed by atoms with E-state index in [2.05, 4.69) is 19.2 Å². The van der Waals surface area contributed by atoms with E-state index in [1.165, 1.54) is 0 Å². The normalized spacial score (nSPS) is 32.5. The van der Waals surface area contributed by atoms with Gasteiger partial charge in [0.15, 0.2) is 0 Å². The highest BCUT2D eigenvalue weighted by Gasteiger charge is 2.33. The van der Waals surface area contributed by atoms with Gasteiger partial charge < -0.3 is 10.1 Å². The van der Waals surface area contributed by atoms with Crippen molar-refractivity contribution in [2.24, 2.45) is 5.92 Å². The first kappa shape index (κ1) is 12.5. The van der Waals surface area contributed by atoms with Gasteiger partial charge >= 0.3 is 5.97 Å². The molecule has 3 atom stereocenters. The second-order valence-corrected chi connectivity index (χ2v) is 5.63. The molecule has 0 aromatic heterocycles. The molecule has 1 saturated heterocycles. The Hall–Kier alpha value is -0.570. The third-order valence-electron chi connectivity index (χ3n) is 2.75. The number of nitrogens with one attached hydrogen (secondary N) is 1. The van der Waals surface area contributed by atoms with Crippen LogP contribution in [0.15, 0.2) is 0 Å². The van der Waals surface area contributed by atoms with E-state index in [1.54, 1.807) is 0 Å². The van der Waals surface area contributed by atoms with Gasteiger partial charge in [0.2, 0.25) is 0 Å². The van der Waals surface area contributed by atoms with Gasteiger partial charge in [0.1, 0.15) is 11.6 Å². The summed E-state index contributed by atoms with van der Waals surface area (Å²) < 4.78 is 5.39. The van der Waals surface area contributed by atoms with Gasteiger partial charge in [0.25, 0.3) is 0 Å². The van der Waals surface area contributed by atoms with E-state index in [1.807, 2.05) is 20.8 Å². The smallest absolute Gasteiger partial charge is 0.323 e. The molecule has 1 heterocycles. The van der Waals surface area contributed by atoms with Crippen molar-refractivity contribution >= 4 is 5.97 Å². The maximum atomic E-state index is 11.9. The average molecular weight is 213 g/mol. The van der Waals surface area contributed by atoms with Crippen molar-refractivity contribution in [1.82, 2.24) is 5.32 Å². The van der Waals surface area contributed by atoms with Crippen LogP contribution in [0, 0.1) is 5.92 Å². The summed E-state index contributed by atoms with van der Waals surface area (Å²) in [5.74, 6) is 0.262.